The fourth-order valence-electron chi connectivity index (χ4n) is 1.02. The van der Waals surface area contributed by atoms with Crippen molar-refractivity contribution >= 4 is 11.7 Å². The van der Waals surface area contributed by atoms with E-state index in [1.807, 2.05) is 6.92 Å². The van der Waals surface area contributed by atoms with Gasteiger partial charge in [0.2, 0.25) is 0 Å². The summed E-state index contributed by atoms with van der Waals surface area (Å²) in [7, 11) is 0. The number of nitrogens with one attached hydrogen (secondary N) is 2. The highest BCUT2D eigenvalue weighted by Gasteiger charge is 2.03. The van der Waals surface area contributed by atoms with Crippen LogP contribution in [0.15, 0.2) is 18.2 Å². The van der Waals surface area contributed by atoms with Crippen molar-refractivity contribution in [2.24, 2.45) is 0 Å². The van der Waals surface area contributed by atoms with Crippen molar-refractivity contribution in [1.29, 1.82) is 0 Å². The molecule has 2 amide bonds. The number of urea groups is 1. The van der Waals surface area contributed by atoms with Gasteiger partial charge in [-0.15, -0.1) is 0 Å². The lowest BCUT2D eigenvalue weighted by molar-refractivity contribution is 0.252. The number of hydrogen-bond acceptors (Lipinski definition) is 3. The van der Waals surface area contributed by atoms with Crippen molar-refractivity contribution in [3.8, 4) is 11.5 Å². The maximum Gasteiger partial charge on any atom is 0.319 e. The number of hydrogen-bond donors (Lipinski definition) is 4. The van der Waals surface area contributed by atoms with E-state index >= 15 is 0 Å². The minimum absolute atomic E-state index is 0.213. The number of carbonyl (C=O) groups excluding carboxylic acids is 1. The maximum atomic E-state index is 11.2. The molecule has 0 saturated heterocycles. The average molecular weight is 210 g/mol. The van der Waals surface area contributed by atoms with Crippen LogP contribution < -0.4 is 10.6 Å². The lowest BCUT2D eigenvalue weighted by Crippen LogP contribution is -2.29. The normalized spacial score (nSPS) is 9.67. The highest BCUT2D eigenvalue weighted by atomic mass is 16.3. The van der Waals surface area contributed by atoms with E-state index in [-0.39, 0.29) is 17.5 Å². The molecule has 82 valence electrons. The zero-order chi connectivity index (χ0) is 11.3. The lowest BCUT2D eigenvalue weighted by atomic mass is 10.3. The lowest BCUT2D eigenvalue weighted by Gasteiger charge is -2.07. The molecule has 0 heterocycles. The van der Waals surface area contributed by atoms with Crippen LogP contribution in [-0.2, 0) is 0 Å². The monoisotopic (exact) mass is 210 g/mol. The Morgan fingerprint density at radius 2 is 2.07 bits per heavy atom. The summed E-state index contributed by atoms with van der Waals surface area (Å²) in [5.41, 5.74) is 0.430. The molecular formula is C10H14N2O3. The Morgan fingerprint density at radius 3 is 2.67 bits per heavy atom. The molecule has 0 saturated carbocycles. The molecule has 1 rings (SSSR count). The Bertz CT molecular complexity index is 353. The minimum atomic E-state index is -0.332. The standard InChI is InChI=1S/C10H14N2O3/c1-2-5-11-10(15)12-7-3-4-8(13)9(14)6-7/h3-4,6,13-14H,2,5H2,1H3,(H2,11,12,15). The van der Waals surface area contributed by atoms with Gasteiger partial charge in [-0.2, -0.15) is 0 Å². The van der Waals surface area contributed by atoms with Gasteiger partial charge in [0.05, 0.1) is 0 Å². The second kappa shape index (κ2) is 5.09. The van der Waals surface area contributed by atoms with Crippen LogP contribution in [0.1, 0.15) is 13.3 Å². The van der Waals surface area contributed by atoms with Crippen molar-refractivity contribution in [1.82, 2.24) is 5.32 Å². The number of phenolic OH excluding ortho intramolecular Hbond substituents is 2. The van der Waals surface area contributed by atoms with E-state index in [4.69, 9.17) is 10.2 Å². The Hall–Kier alpha value is -1.91. The van der Waals surface area contributed by atoms with Crippen LogP contribution in [0, 0.1) is 0 Å². The molecule has 15 heavy (non-hydrogen) atoms. The highest BCUT2D eigenvalue weighted by Crippen LogP contribution is 2.27. The molecule has 0 bridgehead atoms. The van der Waals surface area contributed by atoms with E-state index in [1.54, 1.807) is 0 Å². The van der Waals surface area contributed by atoms with Crippen molar-refractivity contribution in [2.75, 3.05) is 11.9 Å². The molecule has 0 aliphatic carbocycles. The van der Waals surface area contributed by atoms with Crippen LogP contribution in [0.3, 0.4) is 0 Å². The largest absolute Gasteiger partial charge is 0.504 e. The summed E-state index contributed by atoms with van der Waals surface area (Å²) in [6.45, 7) is 2.54. The Balaban J connectivity index is 2.57. The third kappa shape index (κ3) is 3.38. The van der Waals surface area contributed by atoms with Gasteiger partial charge in [0.1, 0.15) is 0 Å². The first-order chi connectivity index (χ1) is 7.13. The Kier molecular flexibility index (Phi) is 3.79. The molecular weight excluding hydrogens is 196 g/mol. The first-order valence-electron chi connectivity index (χ1n) is 4.70. The number of aromatic hydroxyl groups is 2. The Labute approximate surface area is 87.7 Å². The average Bonchev–Trinajstić information content (AvgIpc) is 2.20. The maximum absolute atomic E-state index is 11.2. The smallest absolute Gasteiger partial charge is 0.319 e. The van der Waals surface area contributed by atoms with Gasteiger partial charge < -0.3 is 20.8 Å². The van der Waals surface area contributed by atoms with E-state index in [0.29, 0.717) is 12.2 Å². The van der Waals surface area contributed by atoms with E-state index in [1.165, 1.54) is 18.2 Å². The van der Waals surface area contributed by atoms with Gasteiger partial charge in [-0.25, -0.2) is 4.79 Å². The molecule has 0 atom stereocenters. The molecule has 0 spiro atoms. The van der Waals surface area contributed by atoms with E-state index in [2.05, 4.69) is 10.6 Å². The van der Waals surface area contributed by atoms with Crippen LogP contribution in [0.2, 0.25) is 0 Å². The van der Waals surface area contributed by atoms with E-state index in [0.717, 1.165) is 6.42 Å². The van der Waals surface area contributed by atoms with Gasteiger partial charge in [-0.05, 0) is 18.6 Å². The molecule has 0 aromatic heterocycles. The van der Waals surface area contributed by atoms with Crippen LogP contribution in [0.5, 0.6) is 11.5 Å². The predicted octanol–water partition coefficient (Wildman–Crippen LogP) is 1.63. The summed E-state index contributed by atoms with van der Waals surface area (Å²) >= 11 is 0. The van der Waals surface area contributed by atoms with Gasteiger partial charge in [-0.3, -0.25) is 0 Å². The molecule has 5 heteroatoms. The zero-order valence-electron chi connectivity index (χ0n) is 8.45. The molecule has 0 radical (unpaired) electrons. The predicted molar refractivity (Wildman–Crippen MR) is 57.1 cm³/mol. The van der Waals surface area contributed by atoms with Gasteiger partial charge in [0.25, 0.3) is 0 Å². The quantitative estimate of drug-likeness (QED) is 0.452. The highest BCUT2D eigenvalue weighted by molar-refractivity contribution is 5.89. The summed E-state index contributed by atoms with van der Waals surface area (Å²) in [4.78, 5) is 11.2. The topological polar surface area (TPSA) is 81.6 Å². The van der Waals surface area contributed by atoms with Gasteiger partial charge in [0, 0.05) is 18.3 Å². The number of amides is 2. The van der Waals surface area contributed by atoms with Crippen LogP contribution >= 0.6 is 0 Å². The van der Waals surface area contributed by atoms with Gasteiger partial charge in [-0.1, -0.05) is 6.92 Å². The van der Waals surface area contributed by atoms with Crippen molar-refractivity contribution in [2.45, 2.75) is 13.3 Å². The molecule has 0 aliphatic heterocycles. The van der Waals surface area contributed by atoms with Crippen molar-refractivity contribution in [3.05, 3.63) is 18.2 Å². The zero-order valence-corrected chi connectivity index (χ0v) is 8.45. The third-order valence-corrected chi connectivity index (χ3v) is 1.77. The molecule has 1 aromatic rings. The summed E-state index contributed by atoms with van der Waals surface area (Å²) in [5, 5.41) is 23.4. The SMILES string of the molecule is CCCNC(=O)Nc1ccc(O)c(O)c1. The summed E-state index contributed by atoms with van der Waals surface area (Å²) in [6.07, 6.45) is 0.855. The molecule has 5 nitrogen and oxygen atoms in total. The van der Waals surface area contributed by atoms with E-state index < -0.39 is 0 Å². The summed E-state index contributed by atoms with van der Waals surface area (Å²) < 4.78 is 0. The second-order valence-electron chi connectivity index (χ2n) is 3.08. The fraction of sp³-hybridized carbons (Fsp3) is 0.300. The summed E-state index contributed by atoms with van der Waals surface area (Å²) in [6, 6.07) is 3.76. The first kappa shape index (κ1) is 11.2. The number of phenols is 2. The number of benzene rings is 1. The molecule has 0 unspecified atom stereocenters. The van der Waals surface area contributed by atoms with Crippen molar-refractivity contribution < 1.29 is 15.0 Å². The number of carbonyl (C=O) groups is 1. The number of rotatable bonds is 3. The second-order valence-corrected chi connectivity index (χ2v) is 3.08. The third-order valence-electron chi connectivity index (χ3n) is 1.77. The summed E-state index contributed by atoms with van der Waals surface area (Å²) in [5.74, 6) is -0.474. The number of anilines is 1. The van der Waals surface area contributed by atoms with Gasteiger partial charge >= 0.3 is 6.03 Å². The Morgan fingerprint density at radius 1 is 1.33 bits per heavy atom. The van der Waals surface area contributed by atoms with Crippen LogP contribution in [0.25, 0.3) is 0 Å². The van der Waals surface area contributed by atoms with Crippen LogP contribution in [-0.4, -0.2) is 22.8 Å². The fourth-order valence-corrected chi connectivity index (χ4v) is 1.02. The van der Waals surface area contributed by atoms with Crippen molar-refractivity contribution in [3.63, 3.8) is 0 Å². The minimum Gasteiger partial charge on any atom is -0.504 e. The van der Waals surface area contributed by atoms with E-state index in [9.17, 15) is 4.79 Å². The molecule has 4 N–H and O–H groups in total. The molecule has 0 aliphatic rings. The molecule has 1 aromatic carbocycles. The van der Waals surface area contributed by atoms with Gasteiger partial charge in [0.15, 0.2) is 11.5 Å². The molecule has 0 fully saturated rings. The first-order valence-corrected chi connectivity index (χ1v) is 4.70. The van der Waals surface area contributed by atoms with Crippen LogP contribution in [0.4, 0.5) is 10.5 Å².